The van der Waals surface area contributed by atoms with E-state index in [1.807, 2.05) is 18.2 Å². The van der Waals surface area contributed by atoms with Gasteiger partial charge in [0.2, 0.25) is 0 Å². The lowest BCUT2D eigenvalue weighted by molar-refractivity contribution is 0.834. The Hall–Kier alpha value is -1.64. The van der Waals surface area contributed by atoms with Crippen LogP contribution in [0.15, 0.2) is 42.2 Å². The third-order valence-corrected chi connectivity index (χ3v) is 2.26. The Labute approximate surface area is 97.5 Å². The molecule has 0 amide bonds. The van der Waals surface area contributed by atoms with Crippen LogP contribution in [0.2, 0.25) is 0 Å². The molecule has 0 unspecified atom stereocenters. The van der Waals surface area contributed by atoms with Crippen molar-refractivity contribution < 1.29 is 0 Å². The summed E-state index contributed by atoms with van der Waals surface area (Å²) in [4.78, 5) is 10.8. The van der Waals surface area contributed by atoms with Gasteiger partial charge in [0.05, 0.1) is 0 Å². The highest BCUT2D eigenvalue weighted by Gasteiger charge is 2.15. The first-order valence-corrected chi connectivity index (χ1v) is 5.57. The molecular weight excluding hydrogens is 198 g/mol. The lowest BCUT2D eigenvalue weighted by atomic mass is 10.1. The fourth-order valence-corrected chi connectivity index (χ4v) is 1.58. The van der Waals surface area contributed by atoms with Crippen LogP contribution in [0.1, 0.15) is 20.8 Å². The number of amidine groups is 1. The van der Waals surface area contributed by atoms with Gasteiger partial charge >= 0.3 is 0 Å². The lowest BCUT2D eigenvalue weighted by Crippen LogP contribution is -2.34. The Bertz CT molecular complexity index is 355. The molecule has 0 fully saturated rings. The first-order chi connectivity index (χ1) is 7.70. The molecule has 0 aliphatic carbocycles. The predicted molar refractivity (Wildman–Crippen MR) is 69.7 cm³/mol. The van der Waals surface area contributed by atoms with Gasteiger partial charge in [0.1, 0.15) is 11.7 Å². The highest BCUT2D eigenvalue weighted by molar-refractivity contribution is 5.98. The second-order valence-electron chi connectivity index (χ2n) is 3.76. The largest absolute Gasteiger partial charge is 0.315 e. The molecule has 0 atom stereocenters. The second kappa shape index (κ2) is 6.05. The summed E-state index contributed by atoms with van der Waals surface area (Å²) in [6, 6.07) is 5.89. The minimum atomic E-state index is 0.347. The minimum Gasteiger partial charge on any atom is -0.315 e. The monoisotopic (exact) mass is 217 g/mol. The van der Waals surface area contributed by atoms with E-state index in [0.29, 0.717) is 5.92 Å². The average molecular weight is 217 g/mol. The number of aromatic nitrogens is 1. The van der Waals surface area contributed by atoms with E-state index in [2.05, 4.69) is 42.2 Å². The maximum Gasteiger partial charge on any atom is 0.133 e. The standard InChI is InChI=1S/C13H19N3/c1-5-14-13(11(3)4)16(6-2)12-9-7-8-10-15-12/h5,7-11H,1,6H2,2-4H3/b14-13-. The molecular formula is C13H19N3. The van der Waals surface area contributed by atoms with Gasteiger partial charge in [-0.3, -0.25) is 0 Å². The Morgan fingerprint density at radius 1 is 1.56 bits per heavy atom. The number of anilines is 1. The Morgan fingerprint density at radius 2 is 2.31 bits per heavy atom. The first-order valence-electron chi connectivity index (χ1n) is 5.57. The van der Waals surface area contributed by atoms with Crippen molar-refractivity contribution in [2.24, 2.45) is 10.9 Å². The van der Waals surface area contributed by atoms with Crippen LogP contribution in [0.3, 0.4) is 0 Å². The van der Waals surface area contributed by atoms with Gasteiger partial charge < -0.3 is 4.90 Å². The van der Waals surface area contributed by atoms with Crippen LogP contribution in [0, 0.1) is 5.92 Å². The molecule has 0 bridgehead atoms. The van der Waals surface area contributed by atoms with E-state index in [1.165, 1.54) is 0 Å². The van der Waals surface area contributed by atoms with E-state index in [9.17, 15) is 0 Å². The van der Waals surface area contributed by atoms with Gasteiger partial charge in [-0.2, -0.15) is 0 Å². The molecule has 0 aliphatic rings. The number of hydrogen-bond acceptors (Lipinski definition) is 2. The summed E-state index contributed by atoms with van der Waals surface area (Å²) < 4.78 is 0. The van der Waals surface area contributed by atoms with Crippen molar-refractivity contribution in [3.63, 3.8) is 0 Å². The molecule has 1 aromatic rings. The zero-order chi connectivity index (χ0) is 12.0. The van der Waals surface area contributed by atoms with E-state index in [4.69, 9.17) is 0 Å². The zero-order valence-electron chi connectivity index (χ0n) is 10.2. The van der Waals surface area contributed by atoms with Crippen LogP contribution in [-0.4, -0.2) is 17.4 Å². The highest BCUT2D eigenvalue weighted by Crippen LogP contribution is 2.14. The Kier molecular flexibility index (Phi) is 4.70. The smallest absolute Gasteiger partial charge is 0.133 e. The normalized spacial score (nSPS) is 11.6. The third kappa shape index (κ3) is 2.92. The summed E-state index contributed by atoms with van der Waals surface area (Å²) in [5.74, 6) is 2.27. The average Bonchev–Trinajstić information content (AvgIpc) is 2.30. The van der Waals surface area contributed by atoms with Gasteiger partial charge in [-0.05, 0) is 19.1 Å². The molecule has 0 saturated carbocycles. The first kappa shape index (κ1) is 12.4. The van der Waals surface area contributed by atoms with Crippen molar-refractivity contribution in [3.05, 3.63) is 37.2 Å². The molecule has 0 radical (unpaired) electrons. The van der Waals surface area contributed by atoms with Crippen molar-refractivity contribution in [2.45, 2.75) is 20.8 Å². The predicted octanol–water partition coefficient (Wildman–Crippen LogP) is 3.11. The van der Waals surface area contributed by atoms with Crippen molar-refractivity contribution >= 4 is 11.7 Å². The molecule has 0 N–H and O–H groups in total. The molecule has 1 aromatic heterocycles. The fraction of sp³-hybridized carbons (Fsp3) is 0.385. The minimum absolute atomic E-state index is 0.347. The maximum absolute atomic E-state index is 4.35. The van der Waals surface area contributed by atoms with Gasteiger partial charge in [0.25, 0.3) is 0 Å². The zero-order valence-corrected chi connectivity index (χ0v) is 10.2. The Balaban J connectivity index is 3.05. The lowest BCUT2D eigenvalue weighted by Gasteiger charge is -2.25. The van der Waals surface area contributed by atoms with Crippen LogP contribution >= 0.6 is 0 Å². The molecule has 3 nitrogen and oxygen atoms in total. The molecule has 3 heteroatoms. The van der Waals surface area contributed by atoms with E-state index >= 15 is 0 Å². The van der Waals surface area contributed by atoms with Crippen LogP contribution in [0.4, 0.5) is 5.82 Å². The summed E-state index contributed by atoms with van der Waals surface area (Å²) >= 11 is 0. The topological polar surface area (TPSA) is 28.5 Å². The number of hydrogen-bond donors (Lipinski definition) is 0. The number of rotatable bonds is 4. The van der Waals surface area contributed by atoms with Gasteiger partial charge in [-0.25, -0.2) is 9.98 Å². The molecule has 86 valence electrons. The maximum atomic E-state index is 4.35. The number of nitrogens with zero attached hydrogens (tertiary/aromatic N) is 3. The van der Waals surface area contributed by atoms with E-state index in [0.717, 1.165) is 18.2 Å². The molecule has 0 aromatic carbocycles. The van der Waals surface area contributed by atoms with Gasteiger partial charge in [0, 0.05) is 24.9 Å². The van der Waals surface area contributed by atoms with E-state index in [-0.39, 0.29) is 0 Å². The molecule has 0 saturated heterocycles. The summed E-state index contributed by atoms with van der Waals surface area (Å²) in [5.41, 5.74) is 0. The number of pyridine rings is 1. The van der Waals surface area contributed by atoms with Gasteiger partial charge in [-0.15, -0.1) is 0 Å². The summed E-state index contributed by atoms with van der Waals surface area (Å²) in [6.07, 6.45) is 3.38. The van der Waals surface area contributed by atoms with E-state index < -0.39 is 0 Å². The van der Waals surface area contributed by atoms with Crippen molar-refractivity contribution in [2.75, 3.05) is 11.4 Å². The summed E-state index contributed by atoms with van der Waals surface area (Å²) in [6.45, 7) is 10.8. The van der Waals surface area contributed by atoms with Crippen LogP contribution < -0.4 is 4.90 Å². The van der Waals surface area contributed by atoms with Crippen LogP contribution in [-0.2, 0) is 0 Å². The van der Waals surface area contributed by atoms with Crippen molar-refractivity contribution in [3.8, 4) is 0 Å². The summed E-state index contributed by atoms with van der Waals surface area (Å²) in [7, 11) is 0. The molecule has 0 aliphatic heterocycles. The molecule has 0 spiro atoms. The highest BCUT2D eigenvalue weighted by atomic mass is 15.2. The van der Waals surface area contributed by atoms with Crippen molar-refractivity contribution in [1.29, 1.82) is 0 Å². The molecule has 1 rings (SSSR count). The molecule has 16 heavy (non-hydrogen) atoms. The molecule has 1 heterocycles. The summed E-state index contributed by atoms with van der Waals surface area (Å²) in [5, 5.41) is 0. The quantitative estimate of drug-likeness (QED) is 0.572. The Morgan fingerprint density at radius 3 is 2.75 bits per heavy atom. The van der Waals surface area contributed by atoms with Crippen LogP contribution in [0.5, 0.6) is 0 Å². The third-order valence-electron chi connectivity index (χ3n) is 2.26. The number of aliphatic imine (C=N–C) groups is 1. The van der Waals surface area contributed by atoms with Crippen molar-refractivity contribution in [1.82, 2.24) is 4.98 Å². The fourth-order valence-electron chi connectivity index (χ4n) is 1.58. The SMILES string of the molecule is C=C/N=C(/C(C)C)N(CC)c1ccccn1. The second-order valence-corrected chi connectivity index (χ2v) is 3.76. The van der Waals surface area contributed by atoms with Gasteiger partial charge in [-0.1, -0.05) is 26.5 Å². The van der Waals surface area contributed by atoms with Gasteiger partial charge in [0.15, 0.2) is 0 Å². The van der Waals surface area contributed by atoms with E-state index in [1.54, 1.807) is 12.4 Å². The van der Waals surface area contributed by atoms with Crippen LogP contribution in [0.25, 0.3) is 0 Å².